The highest BCUT2D eigenvalue weighted by atomic mass is 35.5. The molecule has 0 bridgehead atoms. The van der Waals surface area contributed by atoms with Crippen LogP contribution in [0.3, 0.4) is 0 Å². The minimum absolute atomic E-state index is 0.0566. The summed E-state index contributed by atoms with van der Waals surface area (Å²) in [5.41, 5.74) is 3.09. The van der Waals surface area contributed by atoms with Gasteiger partial charge in [-0.25, -0.2) is 0 Å². The Kier molecular flexibility index (Phi) is 6.76. The van der Waals surface area contributed by atoms with Crippen LogP contribution in [0.2, 0.25) is 5.02 Å². The predicted octanol–water partition coefficient (Wildman–Crippen LogP) is 5.88. The number of hydrogen-bond donors (Lipinski definition) is 1. The zero-order chi connectivity index (χ0) is 24.7. The summed E-state index contributed by atoms with van der Waals surface area (Å²) in [6.45, 7) is 12.1. The van der Waals surface area contributed by atoms with Crippen molar-refractivity contribution in [2.75, 3.05) is 19.6 Å². The minimum Gasteiger partial charge on any atom is -0.488 e. The summed E-state index contributed by atoms with van der Waals surface area (Å²) in [6, 6.07) is 10.3. The maximum Gasteiger partial charge on any atom is 0.303 e. The van der Waals surface area contributed by atoms with E-state index in [9.17, 15) is 4.79 Å². The molecule has 0 fully saturated rings. The van der Waals surface area contributed by atoms with Crippen LogP contribution < -0.4 is 14.2 Å². The standard InChI is InChI=1S/C27H34ClNO5/c1-26(2,3)32-18-10-8-17(9-11-18)21-16-29(13-6-7-23(30)31)14-12-19-20(21)15-22-25(24(19)28)34-27(4,5)33-22/h8-11,15,21H,6-7,12-14,16H2,1-5H3,(H,30,31)/t21-/m1/s1. The second-order valence-electron chi connectivity index (χ2n) is 10.6. The van der Waals surface area contributed by atoms with E-state index in [4.69, 9.17) is 30.9 Å². The molecule has 2 aliphatic heterocycles. The van der Waals surface area contributed by atoms with E-state index in [0.29, 0.717) is 22.9 Å². The first-order chi connectivity index (χ1) is 15.9. The van der Waals surface area contributed by atoms with E-state index in [-0.39, 0.29) is 17.9 Å². The Bertz CT molecular complexity index is 1060. The fraction of sp³-hybridized carbons (Fsp3) is 0.519. The lowest BCUT2D eigenvalue weighted by Gasteiger charge is -2.26. The van der Waals surface area contributed by atoms with Crippen LogP contribution in [0.4, 0.5) is 0 Å². The molecule has 2 aromatic rings. The van der Waals surface area contributed by atoms with Gasteiger partial charge in [-0.2, -0.15) is 0 Å². The highest BCUT2D eigenvalue weighted by Crippen LogP contribution is 2.50. The van der Waals surface area contributed by atoms with E-state index in [0.717, 1.165) is 48.5 Å². The molecule has 34 heavy (non-hydrogen) atoms. The van der Waals surface area contributed by atoms with Crippen molar-refractivity contribution in [3.63, 3.8) is 0 Å². The summed E-state index contributed by atoms with van der Waals surface area (Å²) in [5, 5.41) is 9.69. The molecule has 0 amide bonds. The number of hydrogen-bond acceptors (Lipinski definition) is 5. The normalized spacial score (nSPS) is 19.4. The molecule has 0 spiro atoms. The molecule has 2 aliphatic rings. The van der Waals surface area contributed by atoms with Crippen LogP contribution in [0, 0.1) is 0 Å². The van der Waals surface area contributed by atoms with Gasteiger partial charge in [0.1, 0.15) is 11.4 Å². The van der Waals surface area contributed by atoms with Crippen molar-refractivity contribution in [3.8, 4) is 17.2 Å². The fourth-order valence-electron chi connectivity index (χ4n) is 4.71. The molecule has 7 heteroatoms. The second kappa shape index (κ2) is 9.31. The largest absolute Gasteiger partial charge is 0.488 e. The molecule has 0 saturated heterocycles. The summed E-state index contributed by atoms with van der Waals surface area (Å²) in [5.74, 6) is 0.648. The van der Waals surface area contributed by atoms with Gasteiger partial charge in [0.05, 0.1) is 5.02 Å². The maximum absolute atomic E-state index is 11.0. The molecule has 2 heterocycles. The lowest BCUT2D eigenvalue weighted by molar-refractivity contribution is -0.137. The van der Waals surface area contributed by atoms with E-state index in [2.05, 4.69) is 23.1 Å². The number of rotatable bonds is 6. The Balaban J connectivity index is 1.70. The van der Waals surface area contributed by atoms with E-state index in [1.54, 1.807) is 0 Å². The average molecular weight is 488 g/mol. The lowest BCUT2D eigenvalue weighted by Crippen LogP contribution is -2.30. The molecule has 2 aromatic carbocycles. The van der Waals surface area contributed by atoms with Crippen molar-refractivity contribution in [1.82, 2.24) is 4.90 Å². The lowest BCUT2D eigenvalue weighted by atomic mass is 9.87. The van der Waals surface area contributed by atoms with Crippen molar-refractivity contribution in [2.24, 2.45) is 0 Å². The van der Waals surface area contributed by atoms with Gasteiger partial charge in [-0.3, -0.25) is 4.79 Å². The van der Waals surface area contributed by atoms with E-state index >= 15 is 0 Å². The molecular weight excluding hydrogens is 454 g/mol. The first kappa shape index (κ1) is 24.7. The van der Waals surface area contributed by atoms with Crippen LogP contribution in [0.5, 0.6) is 17.2 Å². The van der Waals surface area contributed by atoms with Crippen LogP contribution in [-0.4, -0.2) is 47.0 Å². The van der Waals surface area contributed by atoms with Gasteiger partial charge in [0, 0.05) is 39.3 Å². The van der Waals surface area contributed by atoms with E-state index < -0.39 is 11.8 Å². The zero-order valence-corrected chi connectivity index (χ0v) is 21.4. The first-order valence-electron chi connectivity index (χ1n) is 11.9. The minimum atomic E-state index is -0.763. The van der Waals surface area contributed by atoms with Crippen LogP contribution in [0.15, 0.2) is 30.3 Å². The molecule has 1 atom stereocenters. The number of ether oxygens (including phenoxy) is 3. The summed E-state index contributed by atoms with van der Waals surface area (Å²) in [6.07, 6.45) is 1.54. The Morgan fingerprint density at radius 1 is 1.24 bits per heavy atom. The monoisotopic (exact) mass is 487 g/mol. The van der Waals surface area contributed by atoms with Gasteiger partial charge in [0.25, 0.3) is 0 Å². The van der Waals surface area contributed by atoms with Gasteiger partial charge in [0.2, 0.25) is 5.79 Å². The van der Waals surface area contributed by atoms with E-state index in [1.165, 1.54) is 0 Å². The van der Waals surface area contributed by atoms with Gasteiger partial charge < -0.3 is 24.2 Å². The number of carbonyl (C=O) groups is 1. The SMILES string of the molecule is CC(C)(C)Oc1ccc([C@H]2CN(CCCC(=O)O)CCc3c2cc2c(c3Cl)OC(C)(C)O2)cc1. The maximum atomic E-state index is 11.0. The summed E-state index contributed by atoms with van der Waals surface area (Å²) in [4.78, 5) is 13.4. The summed E-state index contributed by atoms with van der Waals surface area (Å²) >= 11 is 6.89. The summed E-state index contributed by atoms with van der Waals surface area (Å²) in [7, 11) is 0. The molecule has 6 nitrogen and oxygen atoms in total. The quantitative estimate of drug-likeness (QED) is 0.548. The molecule has 0 radical (unpaired) electrons. The molecule has 0 saturated carbocycles. The third kappa shape index (κ3) is 5.61. The van der Waals surface area contributed by atoms with Gasteiger partial charge in [-0.05, 0) is 75.0 Å². The van der Waals surface area contributed by atoms with Crippen LogP contribution in [0.1, 0.15) is 70.1 Å². The number of carboxylic acids is 1. The molecule has 184 valence electrons. The number of halogens is 1. The van der Waals surface area contributed by atoms with Crippen LogP contribution in [-0.2, 0) is 11.2 Å². The van der Waals surface area contributed by atoms with Gasteiger partial charge in [-0.1, -0.05) is 23.7 Å². The van der Waals surface area contributed by atoms with Gasteiger partial charge in [-0.15, -0.1) is 0 Å². The van der Waals surface area contributed by atoms with Crippen molar-refractivity contribution in [3.05, 3.63) is 52.0 Å². The molecule has 4 rings (SSSR count). The molecule has 0 aliphatic carbocycles. The van der Waals surface area contributed by atoms with Crippen molar-refractivity contribution < 1.29 is 24.1 Å². The number of aliphatic carboxylic acids is 1. The topological polar surface area (TPSA) is 68.2 Å². The fourth-order valence-corrected chi connectivity index (χ4v) is 5.05. The number of carboxylic acid groups (broad SMARTS) is 1. The molecule has 1 N–H and O–H groups in total. The molecular formula is C27H34ClNO5. The number of nitrogens with zero attached hydrogens (tertiary/aromatic N) is 1. The van der Waals surface area contributed by atoms with Crippen LogP contribution in [0.25, 0.3) is 0 Å². The van der Waals surface area contributed by atoms with Crippen molar-refractivity contribution in [2.45, 2.75) is 71.2 Å². The van der Waals surface area contributed by atoms with Gasteiger partial charge in [0.15, 0.2) is 11.5 Å². The Labute approximate surface area is 206 Å². The molecule has 0 aromatic heterocycles. The highest BCUT2D eigenvalue weighted by Gasteiger charge is 2.37. The van der Waals surface area contributed by atoms with Crippen molar-refractivity contribution >= 4 is 17.6 Å². The van der Waals surface area contributed by atoms with E-state index in [1.807, 2.05) is 46.8 Å². The third-order valence-corrected chi connectivity index (χ3v) is 6.49. The number of benzene rings is 2. The van der Waals surface area contributed by atoms with Crippen LogP contribution >= 0.6 is 11.6 Å². The predicted molar refractivity (Wildman–Crippen MR) is 132 cm³/mol. The van der Waals surface area contributed by atoms with Gasteiger partial charge >= 0.3 is 5.97 Å². The number of fused-ring (bicyclic) bond motifs is 2. The third-order valence-electron chi connectivity index (χ3n) is 6.09. The Morgan fingerprint density at radius 2 is 1.94 bits per heavy atom. The smallest absolute Gasteiger partial charge is 0.303 e. The first-order valence-corrected chi connectivity index (χ1v) is 12.3. The molecule has 0 unspecified atom stereocenters. The Morgan fingerprint density at radius 3 is 2.59 bits per heavy atom. The van der Waals surface area contributed by atoms with Crippen molar-refractivity contribution in [1.29, 1.82) is 0 Å². The summed E-state index contributed by atoms with van der Waals surface area (Å²) < 4.78 is 18.1. The second-order valence-corrected chi connectivity index (χ2v) is 11.0. The Hall–Kier alpha value is -2.44. The zero-order valence-electron chi connectivity index (χ0n) is 20.6. The highest BCUT2D eigenvalue weighted by molar-refractivity contribution is 6.33. The average Bonchev–Trinajstić information content (AvgIpc) is 2.92.